The average Bonchev–Trinajstić information content (AvgIpc) is 2.35. The van der Waals surface area contributed by atoms with Crippen LogP contribution >= 0.6 is 11.8 Å². The van der Waals surface area contributed by atoms with E-state index in [4.69, 9.17) is 5.84 Å². The standard InChI is InChI=1S/C11H11N3OS/c12-14-11(15)7-16-10-5-6-13-9-4-2-1-3-8(9)10/h1-6H,7,12H2,(H,14,15). The van der Waals surface area contributed by atoms with Gasteiger partial charge in [0.25, 0.3) is 0 Å². The normalized spacial score (nSPS) is 10.3. The molecule has 2 aromatic rings. The monoisotopic (exact) mass is 233 g/mol. The van der Waals surface area contributed by atoms with Gasteiger partial charge in [0, 0.05) is 16.5 Å². The molecule has 2 rings (SSSR count). The molecule has 0 fully saturated rings. The number of hydrogen-bond acceptors (Lipinski definition) is 4. The molecule has 1 heterocycles. The summed E-state index contributed by atoms with van der Waals surface area (Å²) in [7, 11) is 0. The Morgan fingerprint density at radius 3 is 3.00 bits per heavy atom. The van der Waals surface area contributed by atoms with Gasteiger partial charge in [-0.15, -0.1) is 11.8 Å². The third kappa shape index (κ3) is 2.32. The van der Waals surface area contributed by atoms with Crippen molar-refractivity contribution in [3.05, 3.63) is 36.5 Å². The first-order chi connectivity index (χ1) is 7.81. The molecule has 5 heteroatoms. The van der Waals surface area contributed by atoms with Crippen LogP contribution in [0.3, 0.4) is 0 Å². The van der Waals surface area contributed by atoms with Crippen LogP contribution in [0.15, 0.2) is 41.4 Å². The second kappa shape index (κ2) is 4.96. The van der Waals surface area contributed by atoms with Gasteiger partial charge in [-0.3, -0.25) is 15.2 Å². The van der Waals surface area contributed by atoms with Gasteiger partial charge in [0.2, 0.25) is 5.91 Å². The highest BCUT2D eigenvalue weighted by atomic mass is 32.2. The Kier molecular flexibility index (Phi) is 3.38. The minimum Gasteiger partial charge on any atom is -0.294 e. The molecule has 4 nitrogen and oxygen atoms in total. The van der Waals surface area contributed by atoms with Gasteiger partial charge in [-0.1, -0.05) is 18.2 Å². The summed E-state index contributed by atoms with van der Waals surface area (Å²) in [5, 5.41) is 1.06. The minimum atomic E-state index is -0.189. The summed E-state index contributed by atoms with van der Waals surface area (Å²) in [6.07, 6.45) is 1.74. The molecule has 1 amide bonds. The van der Waals surface area contributed by atoms with Gasteiger partial charge in [-0.2, -0.15) is 0 Å². The number of nitrogens with zero attached hydrogens (tertiary/aromatic N) is 1. The highest BCUT2D eigenvalue weighted by Gasteiger charge is 2.04. The van der Waals surface area contributed by atoms with E-state index in [0.29, 0.717) is 5.75 Å². The zero-order chi connectivity index (χ0) is 11.4. The number of nitrogens with one attached hydrogen (secondary N) is 1. The lowest BCUT2D eigenvalue weighted by Gasteiger charge is -2.04. The number of aromatic nitrogens is 1. The number of nitrogens with two attached hydrogens (primary N) is 1. The van der Waals surface area contributed by atoms with Gasteiger partial charge in [0.1, 0.15) is 0 Å². The fourth-order valence-electron chi connectivity index (χ4n) is 1.38. The first-order valence-corrected chi connectivity index (χ1v) is 5.76. The molecule has 0 atom stereocenters. The van der Waals surface area contributed by atoms with Crippen LogP contribution in [0.2, 0.25) is 0 Å². The molecule has 0 aliphatic heterocycles. The van der Waals surface area contributed by atoms with Crippen molar-refractivity contribution in [1.82, 2.24) is 10.4 Å². The second-order valence-electron chi connectivity index (χ2n) is 3.18. The van der Waals surface area contributed by atoms with E-state index >= 15 is 0 Å². The molecular weight excluding hydrogens is 222 g/mol. The molecule has 0 saturated carbocycles. The second-order valence-corrected chi connectivity index (χ2v) is 4.20. The summed E-state index contributed by atoms with van der Waals surface area (Å²) < 4.78 is 0. The lowest BCUT2D eigenvalue weighted by molar-refractivity contribution is -0.118. The van der Waals surface area contributed by atoms with E-state index in [0.717, 1.165) is 15.8 Å². The Morgan fingerprint density at radius 1 is 1.38 bits per heavy atom. The summed E-state index contributed by atoms with van der Waals surface area (Å²) in [5.41, 5.74) is 3.04. The van der Waals surface area contributed by atoms with Crippen molar-refractivity contribution >= 4 is 28.6 Å². The summed E-state index contributed by atoms with van der Waals surface area (Å²) in [4.78, 5) is 16.3. The third-order valence-corrected chi connectivity index (χ3v) is 3.20. The van der Waals surface area contributed by atoms with Crippen molar-refractivity contribution in [3.8, 4) is 0 Å². The van der Waals surface area contributed by atoms with Crippen molar-refractivity contribution < 1.29 is 4.79 Å². The topological polar surface area (TPSA) is 68.0 Å². The predicted molar refractivity (Wildman–Crippen MR) is 64.8 cm³/mol. The number of amides is 1. The lowest BCUT2D eigenvalue weighted by Crippen LogP contribution is -2.31. The maximum absolute atomic E-state index is 11.0. The van der Waals surface area contributed by atoms with Crippen LogP contribution in [0.4, 0.5) is 0 Å². The summed E-state index contributed by atoms with van der Waals surface area (Å²) in [6, 6.07) is 9.73. The molecule has 82 valence electrons. The van der Waals surface area contributed by atoms with Gasteiger partial charge in [0.05, 0.1) is 11.3 Å². The summed E-state index contributed by atoms with van der Waals surface area (Å²) in [5.74, 6) is 5.14. The largest absolute Gasteiger partial charge is 0.294 e. The van der Waals surface area contributed by atoms with Gasteiger partial charge in [-0.05, 0) is 12.1 Å². The summed E-state index contributed by atoms with van der Waals surface area (Å²) >= 11 is 1.45. The Morgan fingerprint density at radius 2 is 2.19 bits per heavy atom. The molecule has 0 unspecified atom stereocenters. The number of thioether (sulfide) groups is 1. The molecule has 0 saturated heterocycles. The van der Waals surface area contributed by atoms with Gasteiger partial charge < -0.3 is 0 Å². The zero-order valence-electron chi connectivity index (χ0n) is 8.51. The Bertz CT molecular complexity index is 510. The Labute approximate surface area is 97.2 Å². The average molecular weight is 233 g/mol. The number of carbonyl (C=O) groups excluding carboxylic acids is 1. The van der Waals surface area contributed by atoms with E-state index in [1.807, 2.05) is 30.3 Å². The molecule has 3 N–H and O–H groups in total. The molecule has 0 spiro atoms. The van der Waals surface area contributed by atoms with Crippen LogP contribution in [0, 0.1) is 0 Å². The number of carbonyl (C=O) groups is 1. The van der Waals surface area contributed by atoms with Gasteiger partial charge in [0.15, 0.2) is 0 Å². The third-order valence-electron chi connectivity index (χ3n) is 2.13. The molecular formula is C11H11N3OS. The van der Waals surface area contributed by atoms with Crippen molar-refractivity contribution in [2.24, 2.45) is 5.84 Å². The van der Waals surface area contributed by atoms with Crippen LogP contribution in [0.5, 0.6) is 0 Å². The molecule has 1 aromatic heterocycles. The quantitative estimate of drug-likeness (QED) is 0.363. The smallest absolute Gasteiger partial charge is 0.244 e. The fraction of sp³-hybridized carbons (Fsp3) is 0.0909. The number of benzene rings is 1. The SMILES string of the molecule is NNC(=O)CSc1ccnc2ccccc12. The summed E-state index contributed by atoms with van der Waals surface area (Å²) in [6.45, 7) is 0. The first-order valence-electron chi connectivity index (χ1n) is 4.77. The Balaban J connectivity index is 2.27. The zero-order valence-corrected chi connectivity index (χ0v) is 9.33. The van der Waals surface area contributed by atoms with E-state index in [2.05, 4.69) is 10.4 Å². The van der Waals surface area contributed by atoms with Crippen LogP contribution in [0.1, 0.15) is 0 Å². The maximum atomic E-state index is 11.0. The molecule has 0 bridgehead atoms. The molecule has 0 aliphatic rings. The highest BCUT2D eigenvalue weighted by molar-refractivity contribution is 8.00. The van der Waals surface area contributed by atoms with Crippen LogP contribution in [-0.2, 0) is 4.79 Å². The molecule has 16 heavy (non-hydrogen) atoms. The van der Waals surface area contributed by atoms with Crippen molar-refractivity contribution in [3.63, 3.8) is 0 Å². The van der Waals surface area contributed by atoms with Crippen LogP contribution in [0.25, 0.3) is 10.9 Å². The highest BCUT2D eigenvalue weighted by Crippen LogP contribution is 2.25. The first kappa shape index (κ1) is 10.9. The van der Waals surface area contributed by atoms with Crippen LogP contribution in [-0.4, -0.2) is 16.6 Å². The predicted octanol–water partition coefficient (Wildman–Crippen LogP) is 1.32. The number of hydrazine groups is 1. The number of hydrogen-bond donors (Lipinski definition) is 2. The van der Waals surface area contributed by atoms with E-state index in [9.17, 15) is 4.79 Å². The lowest BCUT2D eigenvalue weighted by atomic mass is 10.2. The fourth-order valence-corrected chi connectivity index (χ4v) is 2.24. The minimum absolute atomic E-state index is 0.189. The van der Waals surface area contributed by atoms with Gasteiger partial charge in [-0.25, -0.2) is 5.84 Å². The van der Waals surface area contributed by atoms with E-state index in [-0.39, 0.29) is 5.91 Å². The van der Waals surface area contributed by atoms with Crippen LogP contribution < -0.4 is 11.3 Å². The number of para-hydroxylation sites is 1. The molecule has 0 aliphatic carbocycles. The van der Waals surface area contributed by atoms with Crippen molar-refractivity contribution in [2.45, 2.75) is 4.90 Å². The van der Waals surface area contributed by atoms with E-state index in [1.165, 1.54) is 11.8 Å². The number of fused-ring (bicyclic) bond motifs is 1. The van der Waals surface area contributed by atoms with E-state index < -0.39 is 0 Å². The molecule has 1 aromatic carbocycles. The molecule has 0 radical (unpaired) electrons. The maximum Gasteiger partial charge on any atom is 0.244 e. The van der Waals surface area contributed by atoms with E-state index in [1.54, 1.807) is 6.20 Å². The number of rotatable bonds is 3. The number of pyridine rings is 1. The van der Waals surface area contributed by atoms with Gasteiger partial charge >= 0.3 is 0 Å². The van der Waals surface area contributed by atoms with Crippen molar-refractivity contribution in [1.29, 1.82) is 0 Å². The Hall–Kier alpha value is -1.59. The van der Waals surface area contributed by atoms with Crippen molar-refractivity contribution in [2.75, 3.05) is 5.75 Å².